The molecule has 0 bridgehead atoms. The molecule has 2 aliphatic rings. The van der Waals surface area contributed by atoms with E-state index in [4.69, 9.17) is 4.74 Å². The second-order valence-electron chi connectivity index (χ2n) is 6.73. The molecule has 1 heterocycles. The van der Waals surface area contributed by atoms with Crippen molar-refractivity contribution in [2.45, 2.75) is 76.2 Å². The number of ether oxygens (including phenoxy) is 1. The summed E-state index contributed by atoms with van der Waals surface area (Å²) in [5.41, 5.74) is -0.0736. The van der Waals surface area contributed by atoms with Crippen LogP contribution >= 0.6 is 0 Å². The van der Waals surface area contributed by atoms with E-state index in [0.29, 0.717) is 24.2 Å². The SMILES string of the molecule is CC(C)NC1(CO)CCC(N(C)C2CCOC2C)C1. The Labute approximate surface area is 117 Å². The number of nitrogens with one attached hydrogen (secondary N) is 1. The normalized spacial score (nSPS) is 39.6. The molecule has 0 aromatic carbocycles. The van der Waals surface area contributed by atoms with Crippen LogP contribution in [0.1, 0.15) is 46.5 Å². The molecule has 1 aliphatic heterocycles. The third-order valence-corrected chi connectivity index (χ3v) is 4.92. The fourth-order valence-electron chi connectivity index (χ4n) is 3.90. The highest BCUT2D eigenvalue weighted by atomic mass is 16.5. The third-order valence-electron chi connectivity index (χ3n) is 4.92. The van der Waals surface area contributed by atoms with E-state index in [1.165, 1.54) is 6.42 Å². The number of aliphatic hydroxyl groups is 1. The van der Waals surface area contributed by atoms with E-state index in [2.05, 4.69) is 38.0 Å². The molecule has 0 aromatic rings. The maximum absolute atomic E-state index is 9.78. The van der Waals surface area contributed by atoms with Crippen molar-refractivity contribution in [2.24, 2.45) is 0 Å². The van der Waals surface area contributed by atoms with Crippen LogP contribution in [0, 0.1) is 0 Å². The van der Waals surface area contributed by atoms with Crippen LogP contribution in [0.5, 0.6) is 0 Å². The standard InChI is InChI=1S/C15H30N2O2/c1-11(2)16-15(10-18)7-5-13(9-15)17(4)14-6-8-19-12(14)3/h11-14,16,18H,5-10H2,1-4H3. The van der Waals surface area contributed by atoms with Crippen molar-refractivity contribution in [1.29, 1.82) is 0 Å². The van der Waals surface area contributed by atoms with Crippen LogP contribution in [0.2, 0.25) is 0 Å². The molecule has 1 aliphatic carbocycles. The van der Waals surface area contributed by atoms with Gasteiger partial charge >= 0.3 is 0 Å². The number of hydrogen-bond donors (Lipinski definition) is 2. The maximum atomic E-state index is 9.78. The number of nitrogens with zero attached hydrogens (tertiary/aromatic N) is 1. The minimum absolute atomic E-state index is 0.0736. The van der Waals surface area contributed by atoms with Crippen LogP contribution in [0.25, 0.3) is 0 Å². The molecule has 4 nitrogen and oxygen atoms in total. The van der Waals surface area contributed by atoms with E-state index in [0.717, 1.165) is 25.9 Å². The van der Waals surface area contributed by atoms with Crippen molar-refractivity contribution in [1.82, 2.24) is 10.2 Å². The van der Waals surface area contributed by atoms with Gasteiger partial charge in [0.2, 0.25) is 0 Å². The first-order valence-electron chi connectivity index (χ1n) is 7.69. The minimum atomic E-state index is -0.0736. The third kappa shape index (κ3) is 3.30. The fraction of sp³-hybridized carbons (Fsp3) is 1.00. The molecule has 0 amide bonds. The molecule has 0 spiro atoms. The number of aliphatic hydroxyl groups excluding tert-OH is 1. The average molecular weight is 270 g/mol. The zero-order chi connectivity index (χ0) is 14.0. The lowest BCUT2D eigenvalue weighted by atomic mass is 9.96. The highest BCUT2D eigenvalue weighted by Gasteiger charge is 2.42. The summed E-state index contributed by atoms with van der Waals surface area (Å²) in [7, 11) is 2.23. The smallest absolute Gasteiger partial charge is 0.0703 e. The van der Waals surface area contributed by atoms with Crippen LogP contribution in [-0.4, -0.2) is 60.0 Å². The Morgan fingerprint density at radius 3 is 2.68 bits per heavy atom. The Morgan fingerprint density at radius 2 is 2.16 bits per heavy atom. The summed E-state index contributed by atoms with van der Waals surface area (Å²) in [6, 6.07) is 1.52. The average Bonchev–Trinajstić information content (AvgIpc) is 2.95. The predicted molar refractivity (Wildman–Crippen MR) is 77.3 cm³/mol. The second-order valence-corrected chi connectivity index (χ2v) is 6.73. The lowest BCUT2D eigenvalue weighted by Gasteiger charge is -2.35. The summed E-state index contributed by atoms with van der Waals surface area (Å²) in [5, 5.41) is 13.4. The van der Waals surface area contributed by atoms with Crippen molar-refractivity contribution >= 4 is 0 Å². The van der Waals surface area contributed by atoms with E-state index in [1.54, 1.807) is 0 Å². The molecule has 1 saturated carbocycles. The second kappa shape index (κ2) is 6.08. The highest BCUT2D eigenvalue weighted by Crippen LogP contribution is 2.35. The van der Waals surface area contributed by atoms with Crippen molar-refractivity contribution in [3.8, 4) is 0 Å². The fourth-order valence-corrected chi connectivity index (χ4v) is 3.90. The molecule has 4 atom stereocenters. The summed E-state index contributed by atoms with van der Waals surface area (Å²) >= 11 is 0. The van der Waals surface area contributed by atoms with Gasteiger partial charge in [-0.1, -0.05) is 13.8 Å². The van der Waals surface area contributed by atoms with Crippen LogP contribution < -0.4 is 5.32 Å². The predicted octanol–water partition coefficient (Wildman–Crippen LogP) is 1.38. The zero-order valence-corrected chi connectivity index (χ0v) is 12.9. The monoisotopic (exact) mass is 270 g/mol. The van der Waals surface area contributed by atoms with Crippen LogP contribution in [0.15, 0.2) is 0 Å². The molecular weight excluding hydrogens is 240 g/mol. The summed E-state index contributed by atoms with van der Waals surface area (Å²) in [5.74, 6) is 0. The van der Waals surface area contributed by atoms with Gasteiger partial charge in [0, 0.05) is 30.3 Å². The van der Waals surface area contributed by atoms with E-state index in [9.17, 15) is 5.11 Å². The number of rotatable bonds is 5. The Kier molecular flexibility index (Phi) is 4.88. The van der Waals surface area contributed by atoms with Crippen LogP contribution in [0.4, 0.5) is 0 Å². The summed E-state index contributed by atoms with van der Waals surface area (Å²) in [4.78, 5) is 2.50. The highest BCUT2D eigenvalue weighted by molar-refractivity contribution is 5.01. The minimum Gasteiger partial charge on any atom is -0.394 e. The molecule has 2 rings (SSSR count). The summed E-state index contributed by atoms with van der Waals surface area (Å²) < 4.78 is 5.68. The number of hydrogen-bond acceptors (Lipinski definition) is 4. The van der Waals surface area contributed by atoms with Gasteiger partial charge in [0.1, 0.15) is 0 Å². The van der Waals surface area contributed by atoms with Crippen LogP contribution in [-0.2, 0) is 4.74 Å². The number of likely N-dealkylation sites (N-methyl/N-ethyl adjacent to an activating group) is 1. The van der Waals surface area contributed by atoms with E-state index < -0.39 is 0 Å². The van der Waals surface area contributed by atoms with Gasteiger partial charge in [0.25, 0.3) is 0 Å². The first kappa shape index (κ1) is 15.2. The van der Waals surface area contributed by atoms with Gasteiger partial charge in [0.05, 0.1) is 12.7 Å². The van der Waals surface area contributed by atoms with E-state index in [-0.39, 0.29) is 12.1 Å². The Hall–Kier alpha value is -0.160. The molecule has 1 saturated heterocycles. The van der Waals surface area contributed by atoms with Gasteiger partial charge in [-0.3, -0.25) is 4.90 Å². The van der Waals surface area contributed by atoms with E-state index >= 15 is 0 Å². The quantitative estimate of drug-likeness (QED) is 0.792. The van der Waals surface area contributed by atoms with Crippen LogP contribution in [0.3, 0.4) is 0 Å². The van der Waals surface area contributed by atoms with Gasteiger partial charge in [-0.05, 0) is 39.7 Å². The van der Waals surface area contributed by atoms with Crippen molar-refractivity contribution in [3.63, 3.8) is 0 Å². The van der Waals surface area contributed by atoms with Gasteiger partial charge in [-0.15, -0.1) is 0 Å². The molecule has 2 fully saturated rings. The lowest BCUT2D eigenvalue weighted by molar-refractivity contribution is 0.0641. The molecule has 0 aromatic heterocycles. The summed E-state index contributed by atoms with van der Waals surface area (Å²) in [6.07, 6.45) is 4.75. The van der Waals surface area contributed by atoms with Crippen molar-refractivity contribution < 1.29 is 9.84 Å². The maximum Gasteiger partial charge on any atom is 0.0703 e. The molecule has 4 unspecified atom stereocenters. The van der Waals surface area contributed by atoms with Gasteiger partial charge in [0.15, 0.2) is 0 Å². The molecule has 0 radical (unpaired) electrons. The van der Waals surface area contributed by atoms with Crippen molar-refractivity contribution in [2.75, 3.05) is 20.3 Å². The first-order chi connectivity index (χ1) is 8.97. The largest absolute Gasteiger partial charge is 0.394 e. The molecule has 4 heteroatoms. The Balaban J connectivity index is 1.96. The first-order valence-corrected chi connectivity index (χ1v) is 7.69. The van der Waals surface area contributed by atoms with Gasteiger partial charge < -0.3 is 15.2 Å². The Morgan fingerprint density at radius 1 is 1.42 bits per heavy atom. The molecule has 112 valence electrons. The summed E-state index contributed by atoms with van der Waals surface area (Å²) in [6.45, 7) is 7.61. The van der Waals surface area contributed by atoms with Crippen molar-refractivity contribution in [3.05, 3.63) is 0 Å². The Bertz CT molecular complexity index is 298. The topological polar surface area (TPSA) is 44.7 Å². The molecule has 2 N–H and O–H groups in total. The van der Waals surface area contributed by atoms with Gasteiger partial charge in [-0.25, -0.2) is 0 Å². The van der Waals surface area contributed by atoms with E-state index in [1.807, 2.05) is 0 Å². The van der Waals surface area contributed by atoms with Gasteiger partial charge in [-0.2, -0.15) is 0 Å². The lowest BCUT2D eigenvalue weighted by Crippen LogP contribution is -2.51. The zero-order valence-electron chi connectivity index (χ0n) is 12.9. The molecular formula is C15H30N2O2. The molecule has 19 heavy (non-hydrogen) atoms.